The van der Waals surface area contributed by atoms with Crippen molar-refractivity contribution in [2.75, 3.05) is 40.0 Å². The number of methoxy groups -OCH3 is 1. The van der Waals surface area contributed by atoms with E-state index in [0.717, 1.165) is 45.8 Å². The molecular weight excluding hydrogens is 202 g/mol. The fourth-order valence-corrected chi connectivity index (χ4v) is 1.52. The average Bonchev–Trinajstić information content (AvgIpc) is 2.31. The number of hydrogen-bond acceptors (Lipinski definition) is 3. The molecule has 0 rings (SSSR count). The van der Waals surface area contributed by atoms with Crippen LogP contribution in [0.1, 0.15) is 40.0 Å². The van der Waals surface area contributed by atoms with Crippen LogP contribution in [-0.2, 0) is 9.47 Å². The molecule has 0 heterocycles. The number of nitrogens with one attached hydrogen (secondary N) is 1. The molecule has 1 unspecified atom stereocenters. The molecule has 1 atom stereocenters. The number of hydrogen-bond donors (Lipinski definition) is 1. The Hall–Kier alpha value is -0.120. The van der Waals surface area contributed by atoms with E-state index in [4.69, 9.17) is 9.47 Å². The van der Waals surface area contributed by atoms with Gasteiger partial charge in [0.2, 0.25) is 0 Å². The van der Waals surface area contributed by atoms with Gasteiger partial charge in [0, 0.05) is 33.4 Å². The van der Waals surface area contributed by atoms with E-state index >= 15 is 0 Å². The Kier molecular flexibility index (Phi) is 9.99. The molecule has 3 heteroatoms. The summed E-state index contributed by atoms with van der Waals surface area (Å²) in [5.41, 5.74) is 0.349. The zero-order valence-electron chi connectivity index (χ0n) is 11.5. The molecule has 0 aromatic carbocycles. The minimum Gasteiger partial charge on any atom is -0.383 e. The van der Waals surface area contributed by atoms with E-state index in [2.05, 4.69) is 26.1 Å². The third kappa shape index (κ3) is 8.08. The predicted molar refractivity (Wildman–Crippen MR) is 68.9 cm³/mol. The SMILES string of the molecule is CCCOCCC(C)(CC)CNCCOC. The quantitative estimate of drug-likeness (QED) is 0.554. The number of rotatable bonds is 11. The normalized spacial score (nSPS) is 15.0. The van der Waals surface area contributed by atoms with Crippen molar-refractivity contribution in [2.45, 2.75) is 40.0 Å². The molecule has 0 fully saturated rings. The topological polar surface area (TPSA) is 30.5 Å². The summed E-state index contributed by atoms with van der Waals surface area (Å²) in [6.07, 6.45) is 3.42. The summed E-state index contributed by atoms with van der Waals surface area (Å²) in [6.45, 7) is 11.2. The van der Waals surface area contributed by atoms with Gasteiger partial charge in [-0.3, -0.25) is 0 Å². The number of ether oxygens (including phenoxy) is 2. The molecule has 0 saturated heterocycles. The maximum Gasteiger partial charge on any atom is 0.0587 e. The lowest BCUT2D eigenvalue weighted by atomic mass is 9.84. The highest BCUT2D eigenvalue weighted by Gasteiger charge is 2.21. The first kappa shape index (κ1) is 15.9. The highest BCUT2D eigenvalue weighted by atomic mass is 16.5. The van der Waals surface area contributed by atoms with Crippen molar-refractivity contribution in [2.24, 2.45) is 5.41 Å². The van der Waals surface area contributed by atoms with Gasteiger partial charge in [0.05, 0.1) is 6.61 Å². The maximum absolute atomic E-state index is 5.56. The fraction of sp³-hybridized carbons (Fsp3) is 1.00. The van der Waals surface area contributed by atoms with Gasteiger partial charge in [0.1, 0.15) is 0 Å². The van der Waals surface area contributed by atoms with E-state index in [1.165, 1.54) is 6.42 Å². The Labute approximate surface area is 101 Å². The second-order valence-electron chi connectivity index (χ2n) is 4.70. The Morgan fingerprint density at radius 3 is 2.44 bits per heavy atom. The average molecular weight is 231 g/mol. The molecule has 98 valence electrons. The van der Waals surface area contributed by atoms with Crippen LogP contribution in [0.5, 0.6) is 0 Å². The van der Waals surface area contributed by atoms with Gasteiger partial charge < -0.3 is 14.8 Å². The van der Waals surface area contributed by atoms with Crippen LogP contribution in [0, 0.1) is 5.41 Å². The van der Waals surface area contributed by atoms with Crippen molar-refractivity contribution in [3.63, 3.8) is 0 Å². The van der Waals surface area contributed by atoms with Crippen LogP contribution < -0.4 is 5.32 Å². The lowest BCUT2D eigenvalue weighted by Gasteiger charge is -2.28. The van der Waals surface area contributed by atoms with Gasteiger partial charge in [-0.2, -0.15) is 0 Å². The van der Waals surface area contributed by atoms with Crippen LogP contribution in [0.2, 0.25) is 0 Å². The minimum atomic E-state index is 0.349. The Bertz CT molecular complexity index is 139. The van der Waals surface area contributed by atoms with E-state index in [9.17, 15) is 0 Å². The summed E-state index contributed by atoms with van der Waals surface area (Å²) >= 11 is 0. The van der Waals surface area contributed by atoms with Crippen LogP contribution in [0.25, 0.3) is 0 Å². The standard InChI is InChI=1S/C13H29NO2/c1-5-9-16-10-7-13(3,6-2)12-14-8-11-15-4/h14H,5-12H2,1-4H3. The van der Waals surface area contributed by atoms with Gasteiger partial charge in [-0.05, 0) is 24.7 Å². The molecule has 0 spiro atoms. The first-order valence-corrected chi connectivity index (χ1v) is 6.46. The van der Waals surface area contributed by atoms with Crippen molar-refractivity contribution < 1.29 is 9.47 Å². The fourth-order valence-electron chi connectivity index (χ4n) is 1.52. The molecule has 0 saturated carbocycles. The van der Waals surface area contributed by atoms with Gasteiger partial charge in [0.25, 0.3) is 0 Å². The van der Waals surface area contributed by atoms with Crippen LogP contribution in [0.4, 0.5) is 0 Å². The van der Waals surface area contributed by atoms with Gasteiger partial charge >= 0.3 is 0 Å². The summed E-state index contributed by atoms with van der Waals surface area (Å²) in [7, 11) is 1.74. The minimum absolute atomic E-state index is 0.349. The molecule has 0 radical (unpaired) electrons. The van der Waals surface area contributed by atoms with E-state index in [1.807, 2.05) is 0 Å². The lowest BCUT2D eigenvalue weighted by Crippen LogP contribution is -2.34. The Morgan fingerprint density at radius 2 is 1.88 bits per heavy atom. The first-order valence-electron chi connectivity index (χ1n) is 6.46. The van der Waals surface area contributed by atoms with Crippen molar-refractivity contribution in [1.29, 1.82) is 0 Å². The monoisotopic (exact) mass is 231 g/mol. The molecule has 0 aliphatic carbocycles. The van der Waals surface area contributed by atoms with Crippen molar-refractivity contribution >= 4 is 0 Å². The largest absolute Gasteiger partial charge is 0.383 e. The van der Waals surface area contributed by atoms with Crippen molar-refractivity contribution in [1.82, 2.24) is 5.32 Å². The van der Waals surface area contributed by atoms with Crippen LogP contribution in [-0.4, -0.2) is 40.0 Å². The summed E-state index contributed by atoms with van der Waals surface area (Å²) in [5.74, 6) is 0. The van der Waals surface area contributed by atoms with E-state index in [-0.39, 0.29) is 0 Å². The summed E-state index contributed by atoms with van der Waals surface area (Å²) in [5, 5.41) is 3.44. The van der Waals surface area contributed by atoms with Crippen molar-refractivity contribution in [3.05, 3.63) is 0 Å². The first-order chi connectivity index (χ1) is 7.68. The van der Waals surface area contributed by atoms with Crippen molar-refractivity contribution in [3.8, 4) is 0 Å². The molecule has 0 aliphatic rings. The molecule has 0 aromatic rings. The molecule has 16 heavy (non-hydrogen) atoms. The van der Waals surface area contributed by atoms with Gasteiger partial charge in [0.15, 0.2) is 0 Å². The third-order valence-electron chi connectivity index (χ3n) is 3.09. The Morgan fingerprint density at radius 1 is 1.12 bits per heavy atom. The molecule has 0 aromatic heterocycles. The smallest absolute Gasteiger partial charge is 0.0587 e. The predicted octanol–water partition coefficient (Wildman–Crippen LogP) is 2.46. The third-order valence-corrected chi connectivity index (χ3v) is 3.09. The second-order valence-corrected chi connectivity index (χ2v) is 4.70. The van der Waals surface area contributed by atoms with Gasteiger partial charge in [-0.25, -0.2) is 0 Å². The summed E-state index contributed by atoms with van der Waals surface area (Å²) in [4.78, 5) is 0. The van der Waals surface area contributed by atoms with Crippen LogP contribution >= 0.6 is 0 Å². The summed E-state index contributed by atoms with van der Waals surface area (Å²) < 4.78 is 10.6. The zero-order chi connectivity index (χ0) is 12.3. The maximum atomic E-state index is 5.56. The summed E-state index contributed by atoms with van der Waals surface area (Å²) in [6, 6.07) is 0. The molecule has 3 nitrogen and oxygen atoms in total. The van der Waals surface area contributed by atoms with E-state index < -0.39 is 0 Å². The highest BCUT2D eigenvalue weighted by molar-refractivity contribution is 4.75. The van der Waals surface area contributed by atoms with E-state index in [1.54, 1.807) is 7.11 Å². The van der Waals surface area contributed by atoms with Crippen LogP contribution in [0.15, 0.2) is 0 Å². The van der Waals surface area contributed by atoms with Gasteiger partial charge in [-0.15, -0.1) is 0 Å². The molecule has 0 bridgehead atoms. The molecule has 1 N–H and O–H groups in total. The molecule has 0 amide bonds. The zero-order valence-corrected chi connectivity index (χ0v) is 11.5. The molecular formula is C13H29NO2. The van der Waals surface area contributed by atoms with Gasteiger partial charge in [-0.1, -0.05) is 20.8 Å². The Balaban J connectivity index is 3.64. The lowest BCUT2D eigenvalue weighted by molar-refractivity contribution is 0.0958. The molecule has 0 aliphatic heterocycles. The highest BCUT2D eigenvalue weighted by Crippen LogP contribution is 2.24. The van der Waals surface area contributed by atoms with Crippen LogP contribution in [0.3, 0.4) is 0 Å². The van der Waals surface area contributed by atoms with E-state index in [0.29, 0.717) is 5.41 Å². The second kappa shape index (κ2) is 10.1.